The molecule has 1 fully saturated rings. The molecule has 132 valence electrons. The van der Waals surface area contributed by atoms with Crippen LogP contribution in [0.15, 0.2) is 48.8 Å². The summed E-state index contributed by atoms with van der Waals surface area (Å²) in [5.74, 6) is 0.819. The molecule has 1 aliphatic heterocycles. The van der Waals surface area contributed by atoms with E-state index in [9.17, 15) is 4.79 Å². The van der Waals surface area contributed by atoms with Gasteiger partial charge in [0.2, 0.25) is 0 Å². The average molecular weight is 339 g/mol. The minimum atomic E-state index is 0.0651. The molecule has 1 aromatic carbocycles. The fraction of sp³-hybridized carbons (Fsp3) is 0.400. The van der Waals surface area contributed by atoms with Crippen LogP contribution in [0.4, 0.5) is 0 Å². The maximum Gasteiger partial charge on any atom is 0.260 e. The number of amides is 1. The van der Waals surface area contributed by atoms with Gasteiger partial charge in [0.25, 0.3) is 5.91 Å². The molecule has 0 saturated carbocycles. The molecule has 1 saturated heterocycles. The molecule has 0 unspecified atom stereocenters. The van der Waals surface area contributed by atoms with E-state index in [1.54, 1.807) is 0 Å². The smallest absolute Gasteiger partial charge is 0.260 e. The summed E-state index contributed by atoms with van der Waals surface area (Å²) < 4.78 is 5.62. The van der Waals surface area contributed by atoms with Crippen LogP contribution in [0, 0.1) is 6.92 Å². The summed E-state index contributed by atoms with van der Waals surface area (Å²) in [7, 11) is 0. The van der Waals surface area contributed by atoms with Crippen LogP contribution < -0.4 is 4.74 Å². The standard InChI is InChI=1S/C20H25N3O2/c1-17-3-2-4-19(15-17)25-16-20(24)23-13-11-22(12-14-23)10-7-18-5-8-21-9-6-18/h2-6,8-9,15H,7,10-14,16H2,1H3. The SMILES string of the molecule is Cc1cccc(OCC(=O)N2CCN(CCc3ccncc3)CC2)c1. The number of hydrogen-bond acceptors (Lipinski definition) is 4. The van der Waals surface area contributed by atoms with E-state index in [1.165, 1.54) is 5.56 Å². The molecule has 5 heteroatoms. The number of rotatable bonds is 6. The third kappa shape index (κ3) is 5.29. The summed E-state index contributed by atoms with van der Waals surface area (Å²) in [6.45, 7) is 6.52. The normalized spacial score (nSPS) is 15.2. The first-order valence-electron chi connectivity index (χ1n) is 8.79. The van der Waals surface area contributed by atoms with Crippen LogP contribution in [0.2, 0.25) is 0 Å². The van der Waals surface area contributed by atoms with Crippen molar-refractivity contribution in [3.63, 3.8) is 0 Å². The molecule has 3 rings (SSSR count). The number of carbonyl (C=O) groups excluding carboxylic acids is 1. The molecule has 0 aliphatic carbocycles. The molecule has 2 heterocycles. The van der Waals surface area contributed by atoms with Crippen LogP contribution in [0.3, 0.4) is 0 Å². The number of aromatic nitrogens is 1. The molecule has 1 aromatic heterocycles. The first-order valence-corrected chi connectivity index (χ1v) is 8.79. The molecular weight excluding hydrogens is 314 g/mol. The quantitative estimate of drug-likeness (QED) is 0.809. The largest absolute Gasteiger partial charge is 0.484 e. The number of piperazine rings is 1. The van der Waals surface area contributed by atoms with Gasteiger partial charge in [-0.25, -0.2) is 0 Å². The van der Waals surface area contributed by atoms with E-state index in [1.807, 2.05) is 48.5 Å². The van der Waals surface area contributed by atoms with Crippen LogP contribution in [0.5, 0.6) is 5.75 Å². The van der Waals surface area contributed by atoms with Crippen LogP contribution in [-0.2, 0) is 11.2 Å². The fourth-order valence-electron chi connectivity index (χ4n) is 3.00. The van der Waals surface area contributed by atoms with Crippen molar-refractivity contribution >= 4 is 5.91 Å². The summed E-state index contributed by atoms with van der Waals surface area (Å²) in [4.78, 5) is 20.7. The molecule has 1 aliphatic rings. The second kappa shape index (κ2) is 8.62. The van der Waals surface area contributed by atoms with Gasteiger partial charge in [-0.2, -0.15) is 0 Å². The van der Waals surface area contributed by atoms with Gasteiger partial charge in [0.1, 0.15) is 5.75 Å². The molecule has 2 aromatic rings. The van der Waals surface area contributed by atoms with Crippen LogP contribution in [-0.4, -0.2) is 60.0 Å². The highest BCUT2D eigenvalue weighted by Gasteiger charge is 2.21. The Hall–Kier alpha value is -2.40. The molecule has 0 spiro atoms. The second-order valence-corrected chi connectivity index (χ2v) is 6.43. The monoisotopic (exact) mass is 339 g/mol. The van der Waals surface area contributed by atoms with Gasteiger partial charge in [-0.05, 0) is 48.7 Å². The number of aryl methyl sites for hydroxylation is 1. The van der Waals surface area contributed by atoms with Crippen LogP contribution in [0.25, 0.3) is 0 Å². The van der Waals surface area contributed by atoms with Crippen LogP contribution in [0.1, 0.15) is 11.1 Å². The third-order valence-electron chi connectivity index (χ3n) is 4.54. The lowest BCUT2D eigenvalue weighted by Crippen LogP contribution is -2.50. The van der Waals surface area contributed by atoms with Gasteiger partial charge in [0.05, 0.1) is 0 Å². The molecule has 0 radical (unpaired) electrons. The van der Waals surface area contributed by atoms with Crippen molar-refractivity contribution in [2.75, 3.05) is 39.3 Å². The van der Waals surface area contributed by atoms with Gasteiger partial charge in [0, 0.05) is 45.1 Å². The number of benzene rings is 1. The van der Waals surface area contributed by atoms with Crippen molar-refractivity contribution in [2.45, 2.75) is 13.3 Å². The predicted octanol–water partition coefficient (Wildman–Crippen LogP) is 2.16. The highest BCUT2D eigenvalue weighted by atomic mass is 16.5. The second-order valence-electron chi connectivity index (χ2n) is 6.43. The molecule has 1 amide bonds. The van der Waals surface area contributed by atoms with Gasteiger partial charge >= 0.3 is 0 Å². The van der Waals surface area contributed by atoms with Crippen molar-refractivity contribution < 1.29 is 9.53 Å². The van der Waals surface area contributed by atoms with Gasteiger partial charge in [-0.1, -0.05) is 12.1 Å². The molecular formula is C20H25N3O2. The Morgan fingerprint density at radius 3 is 2.60 bits per heavy atom. The first kappa shape index (κ1) is 17.4. The van der Waals surface area contributed by atoms with Crippen molar-refractivity contribution in [1.29, 1.82) is 0 Å². The number of nitrogens with zero attached hydrogens (tertiary/aromatic N) is 3. The molecule has 0 atom stereocenters. The summed E-state index contributed by atoms with van der Waals surface area (Å²) in [6.07, 6.45) is 4.69. The Balaban J connectivity index is 1.38. The Morgan fingerprint density at radius 1 is 1.12 bits per heavy atom. The fourth-order valence-corrected chi connectivity index (χ4v) is 3.00. The third-order valence-corrected chi connectivity index (χ3v) is 4.54. The number of carbonyl (C=O) groups is 1. The Bertz CT molecular complexity index is 682. The van der Waals surface area contributed by atoms with Gasteiger partial charge in [0.15, 0.2) is 6.61 Å². The van der Waals surface area contributed by atoms with E-state index in [4.69, 9.17) is 4.74 Å². The lowest BCUT2D eigenvalue weighted by molar-refractivity contribution is -0.135. The summed E-state index contributed by atoms with van der Waals surface area (Å²) in [5.41, 5.74) is 2.44. The average Bonchev–Trinajstić information content (AvgIpc) is 2.66. The Labute approximate surface area is 149 Å². The number of pyridine rings is 1. The zero-order valence-electron chi connectivity index (χ0n) is 14.7. The van der Waals surface area contributed by atoms with Gasteiger partial charge in [-0.3, -0.25) is 14.7 Å². The van der Waals surface area contributed by atoms with E-state index in [0.29, 0.717) is 0 Å². The van der Waals surface area contributed by atoms with E-state index >= 15 is 0 Å². The maximum atomic E-state index is 12.3. The molecule has 0 bridgehead atoms. The zero-order valence-corrected chi connectivity index (χ0v) is 14.7. The lowest BCUT2D eigenvalue weighted by Gasteiger charge is -2.34. The number of ether oxygens (including phenoxy) is 1. The van der Waals surface area contributed by atoms with E-state index in [0.717, 1.165) is 50.5 Å². The summed E-state index contributed by atoms with van der Waals surface area (Å²) in [6, 6.07) is 11.9. The lowest BCUT2D eigenvalue weighted by atomic mass is 10.2. The Kier molecular flexibility index (Phi) is 6.01. The van der Waals surface area contributed by atoms with E-state index in [-0.39, 0.29) is 12.5 Å². The Morgan fingerprint density at radius 2 is 1.88 bits per heavy atom. The van der Waals surface area contributed by atoms with Crippen LogP contribution >= 0.6 is 0 Å². The molecule has 0 N–H and O–H groups in total. The molecule has 5 nitrogen and oxygen atoms in total. The van der Waals surface area contributed by atoms with Crippen molar-refractivity contribution in [3.05, 3.63) is 59.9 Å². The van der Waals surface area contributed by atoms with Crippen molar-refractivity contribution in [1.82, 2.24) is 14.8 Å². The first-order chi connectivity index (χ1) is 12.2. The minimum Gasteiger partial charge on any atom is -0.484 e. The zero-order chi connectivity index (χ0) is 17.5. The maximum absolute atomic E-state index is 12.3. The number of hydrogen-bond donors (Lipinski definition) is 0. The van der Waals surface area contributed by atoms with Crippen molar-refractivity contribution in [3.8, 4) is 5.75 Å². The van der Waals surface area contributed by atoms with E-state index < -0.39 is 0 Å². The molecule has 25 heavy (non-hydrogen) atoms. The summed E-state index contributed by atoms with van der Waals surface area (Å²) >= 11 is 0. The van der Waals surface area contributed by atoms with Gasteiger partial charge in [-0.15, -0.1) is 0 Å². The topological polar surface area (TPSA) is 45.7 Å². The highest BCUT2D eigenvalue weighted by Crippen LogP contribution is 2.13. The van der Waals surface area contributed by atoms with E-state index in [2.05, 4.69) is 22.0 Å². The predicted molar refractivity (Wildman–Crippen MR) is 97.6 cm³/mol. The summed E-state index contributed by atoms with van der Waals surface area (Å²) in [5, 5.41) is 0. The van der Waals surface area contributed by atoms with Gasteiger partial charge < -0.3 is 9.64 Å². The highest BCUT2D eigenvalue weighted by molar-refractivity contribution is 5.77. The minimum absolute atomic E-state index is 0.0651. The van der Waals surface area contributed by atoms with Crippen molar-refractivity contribution in [2.24, 2.45) is 0 Å².